The molecule has 1 aromatic carbocycles. The second kappa shape index (κ2) is 5.87. The summed E-state index contributed by atoms with van der Waals surface area (Å²) < 4.78 is 4.93. The summed E-state index contributed by atoms with van der Waals surface area (Å²) in [4.78, 5) is 10.1. The summed E-state index contributed by atoms with van der Waals surface area (Å²) in [6.45, 7) is 0.0839. The zero-order chi connectivity index (χ0) is 12.0. The number of benzene rings is 1. The van der Waals surface area contributed by atoms with Crippen LogP contribution in [0, 0.1) is 10.1 Å². The molecule has 1 rings (SSSR count). The molecule has 0 fully saturated rings. The lowest BCUT2D eigenvalue weighted by Gasteiger charge is -2.02. The van der Waals surface area contributed by atoms with Crippen molar-refractivity contribution in [3.05, 3.63) is 40.0 Å². The van der Waals surface area contributed by atoms with Gasteiger partial charge in [0, 0.05) is 12.7 Å². The van der Waals surface area contributed by atoms with Gasteiger partial charge in [-0.15, -0.1) is 0 Å². The van der Waals surface area contributed by atoms with E-state index < -0.39 is 4.92 Å². The summed E-state index contributed by atoms with van der Waals surface area (Å²) in [7, 11) is 1.39. The van der Waals surface area contributed by atoms with Crippen molar-refractivity contribution in [3.8, 4) is 5.75 Å². The van der Waals surface area contributed by atoms with Gasteiger partial charge in [0.1, 0.15) is 0 Å². The first-order valence-electron chi connectivity index (χ1n) is 4.79. The van der Waals surface area contributed by atoms with Crippen LogP contribution in [0.4, 0.5) is 5.69 Å². The Hall–Kier alpha value is -1.88. The number of nitrogens with zero attached hydrogens (tertiary/aromatic N) is 1. The lowest BCUT2D eigenvalue weighted by molar-refractivity contribution is -0.385. The van der Waals surface area contributed by atoms with Crippen molar-refractivity contribution in [1.82, 2.24) is 0 Å². The highest BCUT2D eigenvalue weighted by molar-refractivity contribution is 5.58. The molecule has 5 nitrogen and oxygen atoms in total. The van der Waals surface area contributed by atoms with Gasteiger partial charge in [-0.05, 0) is 24.1 Å². The largest absolute Gasteiger partial charge is 0.490 e. The van der Waals surface area contributed by atoms with Crippen LogP contribution in [-0.4, -0.2) is 23.7 Å². The Kier molecular flexibility index (Phi) is 4.47. The van der Waals surface area contributed by atoms with Gasteiger partial charge in [0.15, 0.2) is 5.75 Å². The standard InChI is InChI=1S/C11H13NO4/c1-16-11-8-9(4-2-3-7-13)5-6-10(11)12(14)15/h2,4-6,8,13H,3,7H2,1H3/b4-2+. The molecule has 1 N–H and O–H groups in total. The van der Waals surface area contributed by atoms with Crippen molar-refractivity contribution in [2.75, 3.05) is 13.7 Å². The van der Waals surface area contributed by atoms with Gasteiger partial charge in [0.05, 0.1) is 12.0 Å². The highest BCUT2D eigenvalue weighted by Crippen LogP contribution is 2.27. The Morgan fingerprint density at radius 3 is 2.88 bits per heavy atom. The number of ether oxygens (including phenoxy) is 1. The topological polar surface area (TPSA) is 72.6 Å². The highest BCUT2D eigenvalue weighted by Gasteiger charge is 2.13. The van der Waals surface area contributed by atoms with E-state index >= 15 is 0 Å². The molecule has 0 radical (unpaired) electrons. The first kappa shape index (κ1) is 12.2. The molecule has 16 heavy (non-hydrogen) atoms. The second-order valence-electron chi connectivity index (χ2n) is 3.10. The first-order chi connectivity index (χ1) is 7.69. The summed E-state index contributed by atoms with van der Waals surface area (Å²) in [5.74, 6) is 0.233. The maximum Gasteiger partial charge on any atom is 0.310 e. The summed E-state index contributed by atoms with van der Waals surface area (Å²) in [6.07, 6.45) is 4.13. The molecular weight excluding hydrogens is 210 g/mol. The third-order valence-electron chi connectivity index (χ3n) is 2.01. The molecule has 0 atom stereocenters. The van der Waals surface area contributed by atoms with Crippen LogP contribution in [0.2, 0.25) is 0 Å². The number of nitro groups is 1. The second-order valence-corrected chi connectivity index (χ2v) is 3.10. The van der Waals surface area contributed by atoms with Crippen molar-refractivity contribution < 1.29 is 14.8 Å². The van der Waals surface area contributed by atoms with Crippen LogP contribution >= 0.6 is 0 Å². The normalized spacial score (nSPS) is 10.6. The molecule has 0 heterocycles. The van der Waals surface area contributed by atoms with Crippen LogP contribution in [0.5, 0.6) is 5.75 Å². The molecule has 0 aliphatic carbocycles. The maximum atomic E-state index is 10.6. The van der Waals surface area contributed by atoms with Gasteiger partial charge in [-0.2, -0.15) is 0 Å². The van der Waals surface area contributed by atoms with E-state index in [0.29, 0.717) is 6.42 Å². The highest BCUT2D eigenvalue weighted by atomic mass is 16.6. The molecule has 0 unspecified atom stereocenters. The quantitative estimate of drug-likeness (QED) is 0.612. The predicted molar refractivity (Wildman–Crippen MR) is 60.4 cm³/mol. The fourth-order valence-corrected chi connectivity index (χ4v) is 1.24. The SMILES string of the molecule is COc1cc(/C=C/CCO)ccc1[N+](=O)[O-]. The third kappa shape index (κ3) is 3.06. The molecule has 5 heteroatoms. The van der Waals surface area contributed by atoms with E-state index in [9.17, 15) is 10.1 Å². The van der Waals surface area contributed by atoms with Crippen LogP contribution < -0.4 is 4.74 Å². The minimum absolute atomic E-state index is 0.0539. The average Bonchev–Trinajstić information content (AvgIpc) is 2.29. The van der Waals surface area contributed by atoms with Gasteiger partial charge >= 0.3 is 5.69 Å². The van der Waals surface area contributed by atoms with E-state index in [1.807, 2.05) is 0 Å². The summed E-state index contributed by atoms with van der Waals surface area (Å²) in [6, 6.07) is 4.62. The zero-order valence-electron chi connectivity index (χ0n) is 8.92. The molecule has 0 spiro atoms. The van der Waals surface area contributed by atoms with E-state index in [4.69, 9.17) is 9.84 Å². The average molecular weight is 223 g/mol. The van der Waals surface area contributed by atoms with Gasteiger partial charge in [-0.3, -0.25) is 10.1 Å². The van der Waals surface area contributed by atoms with Crippen molar-refractivity contribution in [3.63, 3.8) is 0 Å². The molecule has 0 bridgehead atoms. The summed E-state index contributed by atoms with van der Waals surface area (Å²) in [5, 5.41) is 19.2. The molecule has 0 saturated carbocycles. The van der Waals surface area contributed by atoms with Crippen molar-refractivity contribution in [1.29, 1.82) is 0 Å². The molecule has 0 amide bonds. The van der Waals surface area contributed by atoms with Crippen molar-refractivity contribution in [2.45, 2.75) is 6.42 Å². The lowest BCUT2D eigenvalue weighted by Crippen LogP contribution is -1.93. The molecule has 0 aliphatic heterocycles. The number of nitro benzene ring substituents is 1. The molecular formula is C11H13NO4. The van der Waals surface area contributed by atoms with Crippen LogP contribution in [-0.2, 0) is 0 Å². The molecule has 0 aliphatic rings. The van der Waals surface area contributed by atoms with Crippen LogP contribution in [0.25, 0.3) is 6.08 Å². The Balaban J connectivity index is 2.95. The number of hydrogen-bond acceptors (Lipinski definition) is 4. The third-order valence-corrected chi connectivity index (χ3v) is 2.01. The van der Waals surface area contributed by atoms with E-state index in [0.717, 1.165) is 5.56 Å². The van der Waals surface area contributed by atoms with Gasteiger partial charge in [0.25, 0.3) is 0 Å². The molecule has 86 valence electrons. The van der Waals surface area contributed by atoms with Crippen molar-refractivity contribution >= 4 is 11.8 Å². The number of aliphatic hydroxyl groups is 1. The van der Waals surface area contributed by atoms with Crippen LogP contribution in [0.1, 0.15) is 12.0 Å². The van der Waals surface area contributed by atoms with Gasteiger partial charge < -0.3 is 9.84 Å². The monoisotopic (exact) mass is 223 g/mol. The summed E-state index contributed by atoms with van der Waals surface area (Å²) >= 11 is 0. The van der Waals surface area contributed by atoms with Crippen molar-refractivity contribution in [2.24, 2.45) is 0 Å². The van der Waals surface area contributed by atoms with Gasteiger partial charge in [-0.1, -0.05) is 12.2 Å². The molecule has 1 aromatic rings. The minimum atomic E-state index is -0.486. The summed E-state index contributed by atoms with van der Waals surface area (Å²) in [5.41, 5.74) is 0.748. The maximum absolute atomic E-state index is 10.6. The van der Waals surface area contributed by atoms with Crippen LogP contribution in [0.15, 0.2) is 24.3 Å². The van der Waals surface area contributed by atoms with E-state index in [2.05, 4.69) is 0 Å². The Morgan fingerprint density at radius 1 is 1.56 bits per heavy atom. The smallest absolute Gasteiger partial charge is 0.310 e. The Labute approximate surface area is 93.1 Å². The number of rotatable bonds is 5. The lowest BCUT2D eigenvalue weighted by atomic mass is 10.1. The minimum Gasteiger partial charge on any atom is -0.490 e. The molecule has 0 saturated heterocycles. The Morgan fingerprint density at radius 2 is 2.31 bits per heavy atom. The fraction of sp³-hybridized carbons (Fsp3) is 0.273. The van der Waals surface area contributed by atoms with Gasteiger partial charge in [0.2, 0.25) is 0 Å². The van der Waals surface area contributed by atoms with E-state index in [1.165, 1.54) is 13.2 Å². The van der Waals surface area contributed by atoms with Gasteiger partial charge in [-0.25, -0.2) is 0 Å². The van der Waals surface area contributed by atoms with Crippen LogP contribution in [0.3, 0.4) is 0 Å². The number of hydrogen-bond donors (Lipinski definition) is 1. The molecule has 0 aromatic heterocycles. The first-order valence-corrected chi connectivity index (χ1v) is 4.79. The van der Waals surface area contributed by atoms with E-state index in [-0.39, 0.29) is 18.0 Å². The number of aliphatic hydroxyl groups excluding tert-OH is 1. The predicted octanol–water partition coefficient (Wildman–Crippen LogP) is 2.00. The number of methoxy groups -OCH3 is 1. The Bertz CT molecular complexity index is 401. The van der Waals surface area contributed by atoms with E-state index in [1.54, 1.807) is 24.3 Å². The fourth-order valence-electron chi connectivity index (χ4n) is 1.24. The zero-order valence-corrected chi connectivity index (χ0v) is 8.92.